The summed E-state index contributed by atoms with van der Waals surface area (Å²) in [6, 6.07) is 0.162. The number of carbonyl (C=O) groups excluding carboxylic acids is 3. The Hall–Kier alpha value is -1.93. The molecule has 3 amide bonds. The third kappa shape index (κ3) is 5.11. The van der Waals surface area contributed by atoms with E-state index in [0.717, 1.165) is 57.2 Å². The van der Waals surface area contributed by atoms with Crippen LogP contribution in [0.2, 0.25) is 0 Å². The number of hydrogen-bond acceptors (Lipinski definition) is 5. The molecule has 7 nitrogen and oxygen atoms in total. The van der Waals surface area contributed by atoms with Gasteiger partial charge in [-0.1, -0.05) is 6.92 Å². The van der Waals surface area contributed by atoms with Crippen molar-refractivity contribution in [2.24, 2.45) is 5.73 Å². The zero-order valence-corrected chi connectivity index (χ0v) is 17.3. The van der Waals surface area contributed by atoms with Gasteiger partial charge >= 0.3 is 0 Å². The Labute approximate surface area is 170 Å². The number of thiophene rings is 1. The molecule has 1 aliphatic heterocycles. The second-order valence-corrected chi connectivity index (χ2v) is 8.74. The standard InChI is InChI=1S/C20H30N4O3S/c1-2-16(25)22-13-6-5-10-24(12-13)11-9-17(26)23-20-18(19(21)27)14-7-3-4-8-15(14)28-20/h13H,2-12H2,1H3,(H2,21,27)(H,22,25)(H,23,26). The van der Waals surface area contributed by atoms with Gasteiger partial charge in [0.15, 0.2) is 0 Å². The van der Waals surface area contributed by atoms with Crippen molar-refractivity contribution in [1.29, 1.82) is 0 Å². The third-order valence-corrected chi connectivity index (χ3v) is 6.72. The number of likely N-dealkylation sites (tertiary alicyclic amines) is 1. The van der Waals surface area contributed by atoms with E-state index < -0.39 is 5.91 Å². The van der Waals surface area contributed by atoms with Crippen LogP contribution in [0.1, 0.15) is 66.2 Å². The van der Waals surface area contributed by atoms with Crippen LogP contribution in [0.4, 0.5) is 5.00 Å². The largest absolute Gasteiger partial charge is 0.365 e. The fourth-order valence-corrected chi connectivity index (χ4v) is 5.38. The Morgan fingerprint density at radius 3 is 2.71 bits per heavy atom. The Morgan fingerprint density at radius 2 is 1.96 bits per heavy atom. The van der Waals surface area contributed by atoms with E-state index in [0.29, 0.717) is 30.0 Å². The minimum Gasteiger partial charge on any atom is -0.365 e. The lowest BCUT2D eigenvalue weighted by Gasteiger charge is -2.32. The number of carbonyl (C=O) groups is 3. The van der Waals surface area contributed by atoms with Crippen LogP contribution in [-0.2, 0) is 22.4 Å². The molecule has 0 bridgehead atoms. The van der Waals surface area contributed by atoms with Crippen molar-refractivity contribution in [1.82, 2.24) is 10.2 Å². The number of amides is 3. The van der Waals surface area contributed by atoms with Gasteiger partial charge in [-0.2, -0.15) is 0 Å². The number of nitrogens with two attached hydrogens (primary N) is 1. The van der Waals surface area contributed by atoms with Crippen LogP contribution in [0.15, 0.2) is 0 Å². The molecule has 4 N–H and O–H groups in total. The zero-order chi connectivity index (χ0) is 20.1. The maximum Gasteiger partial charge on any atom is 0.251 e. The van der Waals surface area contributed by atoms with E-state index in [1.165, 1.54) is 16.2 Å². The molecule has 1 aliphatic carbocycles. The number of nitrogens with one attached hydrogen (secondary N) is 2. The number of rotatable bonds is 7. The summed E-state index contributed by atoms with van der Waals surface area (Å²) in [6.07, 6.45) is 6.83. The minimum absolute atomic E-state index is 0.0743. The molecule has 154 valence electrons. The predicted molar refractivity (Wildman–Crippen MR) is 111 cm³/mol. The van der Waals surface area contributed by atoms with E-state index in [1.54, 1.807) is 0 Å². The van der Waals surface area contributed by atoms with Crippen LogP contribution in [0.5, 0.6) is 0 Å². The molecular formula is C20H30N4O3S. The van der Waals surface area contributed by atoms with Gasteiger partial charge in [-0.25, -0.2) is 0 Å². The minimum atomic E-state index is -0.458. The summed E-state index contributed by atoms with van der Waals surface area (Å²) in [5, 5.41) is 6.57. The third-order valence-electron chi connectivity index (χ3n) is 5.52. The molecule has 0 aromatic carbocycles. The predicted octanol–water partition coefficient (Wildman–Crippen LogP) is 2.04. The Morgan fingerprint density at radius 1 is 1.18 bits per heavy atom. The molecule has 1 unspecified atom stereocenters. The molecule has 2 heterocycles. The van der Waals surface area contributed by atoms with Crippen LogP contribution in [0.3, 0.4) is 0 Å². The summed E-state index contributed by atoms with van der Waals surface area (Å²) in [5.41, 5.74) is 7.13. The SMILES string of the molecule is CCC(=O)NC1CCCN(CCC(=O)Nc2sc3c(c2C(N)=O)CCCC3)C1. The molecule has 0 saturated carbocycles. The first-order valence-corrected chi connectivity index (χ1v) is 11.1. The fourth-order valence-electron chi connectivity index (χ4n) is 4.07. The Balaban J connectivity index is 1.54. The first-order valence-electron chi connectivity index (χ1n) is 10.2. The number of primary amides is 1. The number of aryl methyl sites for hydroxylation is 1. The molecule has 1 fully saturated rings. The Kier molecular flexibility index (Phi) is 7.07. The van der Waals surface area contributed by atoms with Crippen molar-refractivity contribution in [3.8, 4) is 0 Å². The van der Waals surface area contributed by atoms with Gasteiger partial charge in [0.05, 0.1) is 5.56 Å². The maximum absolute atomic E-state index is 12.5. The quantitative estimate of drug-likeness (QED) is 0.644. The van der Waals surface area contributed by atoms with Crippen molar-refractivity contribution < 1.29 is 14.4 Å². The van der Waals surface area contributed by atoms with Gasteiger partial charge in [-0.3, -0.25) is 14.4 Å². The van der Waals surface area contributed by atoms with Crippen LogP contribution in [0, 0.1) is 0 Å². The van der Waals surface area contributed by atoms with Gasteiger partial charge in [0, 0.05) is 36.9 Å². The van der Waals surface area contributed by atoms with Gasteiger partial charge in [0.25, 0.3) is 5.91 Å². The van der Waals surface area contributed by atoms with Crippen LogP contribution in [0.25, 0.3) is 0 Å². The number of fused-ring (bicyclic) bond motifs is 1. The molecule has 28 heavy (non-hydrogen) atoms. The highest BCUT2D eigenvalue weighted by atomic mass is 32.1. The molecule has 1 atom stereocenters. The van der Waals surface area contributed by atoms with E-state index in [4.69, 9.17) is 5.73 Å². The van der Waals surface area contributed by atoms with Gasteiger partial charge in [-0.05, 0) is 50.6 Å². The van der Waals surface area contributed by atoms with Crippen molar-refractivity contribution in [2.75, 3.05) is 25.0 Å². The Bertz CT molecular complexity index is 746. The molecule has 1 aromatic rings. The monoisotopic (exact) mass is 406 g/mol. The lowest BCUT2D eigenvalue weighted by Crippen LogP contribution is -2.48. The van der Waals surface area contributed by atoms with E-state index in [9.17, 15) is 14.4 Å². The highest BCUT2D eigenvalue weighted by molar-refractivity contribution is 7.17. The normalized spacial score (nSPS) is 19.7. The average molecular weight is 407 g/mol. The fraction of sp³-hybridized carbons (Fsp3) is 0.650. The van der Waals surface area contributed by atoms with Crippen molar-refractivity contribution in [3.63, 3.8) is 0 Å². The van der Waals surface area contributed by atoms with E-state index >= 15 is 0 Å². The maximum atomic E-state index is 12.5. The summed E-state index contributed by atoms with van der Waals surface area (Å²) in [7, 11) is 0. The highest BCUT2D eigenvalue weighted by Crippen LogP contribution is 2.37. The second kappa shape index (κ2) is 9.52. The molecule has 0 radical (unpaired) electrons. The summed E-state index contributed by atoms with van der Waals surface area (Å²) in [5.74, 6) is -0.480. The van der Waals surface area contributed by atoms with Gasteiger partial charge in [-0.15, -0.1) is 11.3 Å². The van der Waals surface area contributed by atoms with E-state index in [-0.39, 0.29) is 17.9 Å². The van der Waals surface area contributed by atoms with Crippen LogP contribution < -0.4 is 16.4 Å². The lowest BCUT2D eigenvalue weighted by atomic mass is 9.95. The molecule has 3 rings (SSSR count). The number of anilines is 1. The smallest absolute Gasteiger partial charge is 0.251 e. The molecular weight excluding hydrogens is 376 g/mol. The number of hydrogen-bond donors (Lipinski definition) is 3. The molecule has 1 aromatic heterocycles. The van der Waals surface area contributed by atoms with Crippen LogP contribution in [-0.4, -0.2) is 48.3 Å². The zero-order valence-electron chi connectivity index (χ0n) is 16.5. The molecule has 2 aliphatic rings. The van der Waals surface area contributed by atoms with E-state index in [1.807, 2.05) is 6.92 Å². The first-order chi connectivity index (χ1) is 13.5. The summed E-state index contributed by atoms with van der Waals surface area (Å²) in [6.45, 7) is 4.20. The topological polar surface area (TPSA) is 105 Å². The first kappa shape index (κ1) is 20.8. The van der Waals surface area contributed by atoms with E-state index in [2.05, 4.69) is 15.5 Å². The number of nitrogens with zero attached hydrogens (tertiary/aromatic N) is 1. The summed E-state index contributed by atoms with van der Waals surface area (Å²) >= 11 is 1.50. The molecule has 8 heteroatoms. The number of piperidine rings is 1. The highest BCUT2D eigenvalue weighted by Gasteiger charge is 2.25. The second-order valence-electron chi connectivity index (χ2n) is 7.64. The summed E-state index contributed by atoms with van der Waals surface area (Å²) in [4.78, 5) is 39.4. The van der Waals surface area contributed by atoms with Crippen molar-refractivity contribution in [2.45, 2.75) is 64.3 Å². The van der Waals surface area contributed by atoms with Gasteiger partial charge in [0.2, 0.25) is 11.8 Å². The van der Waals surface area contributed by atoms with Crippen LogP contribution >= 0.6 is 11.3 Å². The van der Waals surface area contributed by atoms with Gasteiger partial charge in [0.1, 0.15) is 5.00 Å². The molecule has 0 spiro atoms. The summed E-state index contributed by atoms with van der Waals surface area (Å²) < 4.78 is 0. The average Bonchev–Trinajstić information content (AvgIpc) is 3.04. The van der Waals surface area contributed by atoms with Crippen molar-refractivity contribution in [3.05, 3.63) is 16.0 Å². The van der Waals surface area contributed by atoms with Crippen molar-refractivity contribution >= 4 is 34.1 Å². The molecule has 1 saturated heterocycles. The van der Waals surface area contributed by atoms with Gasteiger partial charge < -0.3 is 21.3 Å². The lowest BCUT2D eigenvalue weighted by molar-refractivity contribution is -0.122.